The van der Waals surface area contributed by atoms with Crippen LogP contribution in [0.5, 0.6) is 5.75 Å². The van der Waals surface area contributed by atoms with Gasteiger partial charge in [-0.2, -0.15) is 20.3 Å². The first-order valence-corrected chi connectivity index (χ1v) is 9.79. The third-order valence-corrected chi connectivity index (χ3v) is 4.42. The Balaban J connectivity index is 1.59. The second-order valence-electron chi connectivity index (χ2n) is 6.92. The molecule has 0 saturated heterocycles. The van der Waals surface area contributed by atoms with Gasteiger partial charge >= 0.3 is 0 Å². The van der Waals surface area contributed by atoms with Gasteiger partial charge in [0.25, 0.3) is 11.8 Å². The lowest BCUT2D eigenvalue weighted by atomic mass is 10.2. The highest BCUT2D eigenvalue weighted by Gasteiger charge is 2.38. The van der Waals surface area contributed by atoms with Crippen LogP contribution in [0.2, 0.25) is 0 Å². The van der Waals surface area contributed by atoms with E-state index < -0.39 is 30.2 Å². The average molecular weight is 421 g/mol. The van der Waals surface area contributed by atoms with Gasteiger partial charge in [0.05, 0.1) is 18.0 Å². The molecule has 3 amide bonds. The fourth-order valence-corrected chi connectivity index (χ4v) is 2.82. The molecular weight excluding hydrogens is 398 g/mol. The second-order valence-corrected chi connectivity index (χ2v) is 6.92. The van der Waals surface area contributed by atoms with Gasteiger partial charge in [0, 0.05) is 5.69 Å². The Labute approximate surface area is 179 Å². The van der Waals surface area contributed by atoms with Gasteiger partial charge in [0.2, 0.25) is 5.91 Å². The number of anilines is 1. The molecule has 0 aliphatic carbocycles. The Morgan fingerprint density at radius 3 is 2.42 bits per heavy atom. The van der Waals surface area contributed by atoms with Crippen LogP contribution in [0, 0.1) is 6.92 Å². The number of ether oxygens (including phenoxy) is 1. The molecule has 2 aromatic rings. The Morgan fingerprint density at radius 1 is 1.10 bits per heavy atom. The van der Waals surface area contributed by atoms with Crippen LogP contribution >= 0.6 is 0 Å². The maximum atomic E-state index is 12.6. The molecule has 0 spiro atoms. The smallest absolute Gasteiger partial charge is 0.282 e. The van der Waals surface area contributed by atoms with Crippen molar-refractivity contribution in [1.82, 2.24) is 5.01 Å². The van der Waals surface area contributed by atoms with E-state index in [4.69, 9.17) is 4.74 Å². The number of carbonyl (C=O) groups is 3. The molecule has 31 heavy (non-hydrogen) atoms. The summed E-state index contributed by atoms with van der Waals surface area (Å²) in [7, 11) is 0. The summed E-state index contributed by atoms with van der Waals surface area (Å²) in [5, 5.41) is 15.4. The van der Waals surface area contributed by atoms with E-state index in [2.05, 4.69) is 20.6 Å². The number of azo groups is 1. The highest BCUT2D eigenvalue weighted by Crippen LogP contribution is 2.21. The standard InChI is InChI=1S/C22H23N5O4/c1-4-31-18-11-9-17(10-12-18)24-25-21-15(3)26-27(22(21)30)20(29)13-19(28)23-16-7-5-14(2)6-8-16/h5-12,21H,4,13H2,1-3H3,(H,23,28)/t21-/m0/s1. The van der Waals surface area contributed by atoms with Crippen molar-refractivity contribution in [3.63, 3.8) is 0 Å². The molecule has 1 aliphatic heterocycles. The lowest BCUT2D eigenvalue weighted by molar-refractivity contribution is -0.144. The van der Waals surface area contributed by atoms with Crippen molar-refractivity contribution in [2.45, 2.75) is 33.2 Å². The summed E-state index contributed by atoms with van der Waals surface area (Å²) in [6.07, 6.45) is -0.515. The topological polar surface area (TPSA) is 113 Å². The van der Waals surface area contributed by atoms with Crippen molar-refractivity contribution < 1.29 is 19.1 Å². The molecule has 0 fully saturated rings. The van der Waals surface area contributed by atoms with Gasteiger partial charge in [-0.1, -0.05) is 17.7 Å². The summed E-state index contributed by atoms with van der Waals surface area (Å²) in [6.45, 7) is 5.96. The minimum atomic E-state index is -1.00. The van der Waals surface area contributed by atoms with E-state index in [-0.39, 0.29) is 0 Å². The molecule has 0 unspecified atom stereocenters. The Kier molecular flexibility index (Phi) is 6.86. The molecule has 160 valence electrons. The van der Waals surface area contributed by atoms with Crippen LogP contribution < -0.4 is 10.1 Å². The van der Waals surface area contributed by atoms with Crippen LogP contribution in [-0.2, 0) is 14.4 Å². The molecule has 0 radical (unpaired) electrons. The van der Waals surface area contributed by atoms with Crippen LogP contribution in [0.4, 0.5) is 11.4 Å². The molecular formula is C22H23N5O4. The zero-order valence-electron chi connectivity index (χ0n) is 17.5. The van der Waals surface area contributed by atoms with Gasteiger partial charge in [-0.25, -0.2) is 0 Å². The molecule has 1 atom stereocenters. The highest BCUT2D eigenvalue weighted by atomic mass is 16.5. The van der Waals surface area contributed by atoms with Crippen LogP contribution in [-0.4, -0.2) is 41.1 Å². The van der Waals surface area contributed by atoms with Crippen molar-refractivity contribution in [2.75, 3.05) is 11.9 Å². The van der Waals surface area contributed by atoms with Gasteiger partial charge < -0.3 is 10.1 Å². The predicted molar refractivity (Wildman–Crippen MR) is 115 cm³/mol. The number of amides is 3. The Morgan fingerprint density at radius 2 is 1.77 bits per heavy atom. The predicted octanol–water partition coefficient (Wildman–Crippen LogP) is 3.62. The average Bonchev–Trinajstić information content (AvgIpc) is 3.03. The van der Waals surface area contributed by atoms with Gasteiger partial charge in [-0.15, -0.1) is 0 Å². The molecule has 1 aliphatic rings. The van der Waals surface area contributed by atoms with E-state index in [9.17, 15) is 14.4 Å². The summed E-state index contributed by atoms with van der Waals surface area (Å²) < 4.78 is 5.37. The molecule has 0 saturated carbocycles. The van der Waals surface area contributed by atoms with Gasteiger partial charge in [0.15, 0.2) is 6.04 Å². The normalized spacial score (nSPS) is 15.8. The molecule has 2 aromatic carbocycles. The maximum Gasteiger partial charge on any atom is 0.282 e. The summed E-state index contributed by atoms with van der Waals surface area (Å²) in [5.41, 5.74) is 2.48. The number of imide groups is 1. The third kappa shape index (κ3) is 5.59. The molecule has 1 heterocycles. The Bertz CT molecular complexity index is 1030. The Hall–Kier alpha value is -3.88. The number of hydrogen-bond acceptors (Lipinski definition) is 7. The zero-order valence-corrected chi connectivity index (χ0v) is 17.5. The summed E-state index contributed by atoms with van der Waals surface area (Å²) in [6, 6.07) is 13.1. The number of hydrazone groups is 1. The number of nitrogens with zero attached hydrogens (tertiary/aromatic N) is 4. The minimum Gasteiger partial charge on any atom is -0.494 e. The van der Waals surface area contributed by atoms with E-state index >= 15 is 0 Å². The van der Waals surface area contributed by atoms with E-state index in [1.807, 2.05) is 26.0 Å². The number of nitrogens with one attached hydrogen (secondary N) is 1. The van der Waals surface area contributed by atoms with Crippen molar-refractivity contribution in [2.24, 2.45) is 15.3 Å². The number of carbonyl (C=O) groups excluding carboxylic acids is 3. The fraction of sp³-hybridized carbons (Fsp3) is 0.273. The number of aryl methyl sites for hydroxylation is 1. The number of benzene rings is 2. The van der Waals surface area contributed by atoms with Crippen LogP contribution in [0.25, 0.3) is 0 Å². The van der Waals surface area contributed by atoms with Gasteiger partial charge in [-0.3, -0.25) is 14.4 Å². The van der Waals surface area contributed by atoms with E-state index in [1.54, 1.807) is 43.3 Å². The van der Waals surface area contributed by atoms with Crippen molar-refractivity contribution in [1.29, 1.82) is 0 Å². The fourth-order valence-electron chi connectivity index (χ4n) is 2.82. The first-order chi connectivity index (χ1) is 14.9. The van der Waals surface area contributed by atoms with Crippen LogP contribution in [0.15, 0.2) is 63.9 Å². The summed E-state index contributed by atoms with van der Waals surface area (Å²) in [5.74, 6) is -1.20. The largest absolute Gasteiger partial charge is 0.494 e. The molecule has 3 rings (SSSR count). The third-order valence-electron chi connectivity index (χ3n) is 4.42. The molecule has 0 aromatic heterocycles. The van der Waals surface area contributed by atoms with Crippen LogP contribution in [0.1, 0.15) is 25.8 Å². The molecule has 0 bridgehead atoms. The van der Waals surface area contributed by atoms with E-state index in [0.717, 1.165) is 5.56 Å². The zero-order chi connectivity index (χ0) is 22.4. The molecule has 9 nitrogen and oxygen atoms in total. The van der Waals surface area contributed by atoms with Crippen LogP contribution in [0.3, 0.4) is 0 Å². The monoisotopic (exact) mass is 421 g/mol. The van der Waals surface area contributed by atoms with Gasteiger partial charge in [-0.05, 0) is 57.2 Å². The first-order valence-electron chi connectivity index (χ1n) is 9.79. The highest BCUT2D eigenvalue weighted by molar-refractivity contribution is 6.18. The van der Waals surface area contributed by atoms with Gasteiger partial charge in [0.1, 0.15) is 12.2 Å². The van der Waals surface area contributed by atoms with Crippen molar-refractivity contribution >= 4 is 34.8 Å². The van der Waals surface area contributed by atoms with Crippen molar-refractivity contribution in [3.8, 4) is 5.75 Å². The lowest BCUT2D eigenvalue weighted by Crippen LogP contribution is -2.36. The lowest BCUT2D eigenvalue weighted by Gasteiger charge is -2.11. The SMILES string of the molecule is CCOc1ccc(N=N[C@@H]2C(=O)N(C(=O)CC(=O)Nc3ccc(C)cc3)N=C2C)cc1. The summed E-state index contributed by atoms with van der Waals surface area (Å²) in [4.78, 5) is 37.2. The first kappa shape index (κ1) is 21.8. The van der Waals surface area contributed by atoms with E-state index in [1.165, 1.54) is 0 Å². The number of hydrogen-bond donors (Lipinski definition) is 1. The summed E-state index contributed by atoms with van der Waals surface area (Å²) >= 11 is 0. The molecule has 1 N–H and O–H groups in total. The molecule has 9 heteroatoms. The van der Waals surface area contributed by atoms with E-state index in [0.29, 0.717) is 34.5 Å². The van der Waals surface area contributed by atoms with Crippen molar-refractivity contribution in [3.05, 3.63) is 54.1 Å². The number of rotatable bonds is 7. The maximum absolute atomic E-state index is 12.6. The quantitative estimate of drug-likeness (QED) is 0.543. The second kappa shape index (κ2) is 9.75. The minimum absolute atomic E-state index is 0.326.